The van der Waals surface area contributed by atoms with Gasteiger partial charge in [-0.05, 0) is 17.0 Å². The van der Waals surface area contributed by atoms with Crippen molar-refractivity contribution in [2.75, 3.05) is 0 Å². The maximum atomic E-state index is 11.2. The first-order valence-electron chi connectivity index (χ1n) is 4.72. The summed E-state index contributed by atoms with van der Waals surface area (Å²) >= 11 is 0. The van der Waals surface area contributed by atoms with Crippen molar-refractivity contribution in [1.29, 1.82) is 0 Å². The smallest absolute Gasteiger partial charge is 0.295 e. The zero-order valence-corrected chi connectivity index (χ0v) is 9.24. The molecule has 16 heavy (non-hydrogen) atoms. The van der Waals surface area contributed by atoms with Crippen molar-refractivity contribution in [3.63, 3.8) is 0 Å². The van der Waals surface area contributed by atoms with E-state index in [2.05, 4.69) is 0 Å². The Labute approximate surface area is 93.4 Å². The summed E-state index contributed by atoms with van der Waals surface area (Å²) in [6.07, 6.45) is 0. The Hall–Kier alpha value is -1.43. The third kappa shape index (κ3) is 1.80. The zero-order valence-electron chi connectivity index (χ0n) is 8.42. The molecule has 0 fully saturated rings. The molecular formula is C11H11NO3S. The van der Waals surface area contributed by atoms with E-state index in [9.17, 15) is 8.42 Å². The van der Waals surface area contributed by atoms with Crippen molar-refractivity contribution in [3.8, 4) is 0 Å². The first-order valence-corrected chi connectivity index (χ1v) is 6.16. The maximum Gasteiger partial charge on any atom is 0.295 e. The van der Waals surface area contributed by atoms with Gasteiger partial charge < -0.3 is 5.73 Å². The molecule has 4 nitrogen and oxygen atoms in total. The Balaban J connectivity index is 2.91. The first kappa shape index (κ1) is 11.1. The van der Waals surface area contributed by atoms with E-state index in [0.717, 1.165) is 10.9 Å². The van der Waals surface area contributed by atoms with Crippen LogP contribution in [0.1, 0.15) is 5.56 Å². The van der Waals surface area contributed by atoms with Gasteiger partial charge in [-0.3, -0.25) is 4.55 Å². The summed E-state index contributed by atoms with van der Waals surface area (Å²) in [7, 11) is -4.20. The van der Waals surface area contributed by atoms with Crippen molar-refractivity contribution in [1.82, 2.24) is 0 Å². The lowest BCUT2D eigenvalue weighted by Gasteiger charge is -2.07. The van der Waals surface area contributed by atoms with Crippen LogP contribution < -0.4 is 5.73 Å². The number of fused-ring (bicyclic) bond motifs is 1. The van der Waals surface area contributed by atoms with Gasteiger partial charge in [0.05, 0.1) is 0 Å². The van der Waals surface area contributed by atoms with E-state index in [1.165, 1.54) is 6.07 Å². The fourth-order valence-electron chi connectivity index (χ4n) is 1.74. The molecule has 0 bridgehead atoms. The molecule has 0 amide bonds. The van der Waals surface area contributed by atoms with Crippen LogP contribution in [0.25, 0.3) is 10.8 Å². The monoisotopic (exact) mass is 237 g/mol. The van der Waals surface area contributed by atoms with Crippen LogP contribution in [0.3, 0.4) is 0 Å². The van der Waals surface area contributed by atoms with Crippen molar-refractivity contribution in [2.45, 2.75) is 11.4 Å². The summed E-state index contributed by atoms with van der Waals surface area (Å²) in [6.45, 7) is 0.326. The van der Waals surface area contributed by atoms with Gasteiger partial charge in [0.2, 0.25) is 0 Å². The van der Waals surface area contributed by atoms with Gasteiger partial charge in [-0.1, -0.05) is 30.3 Å². The van der Waals surface area contributed by atoms with Crippen molar-refractivity contribution in [2.24, 2.45) is 5.73 Å². The fourth-order valence-corrected chi connectivity index (χ4v) is 2.43. The summed E-state index contributed by atoms with van der Waals surface area (Å²) in [6, 6.07) is 9.95. The molecule has 0 aliphatic rings. The topological polar surface area (TPSA) is 80.4 Å². The molecule has 0 heterocycles. The van der Waals surface area contributed by atoms with E-state index in [1.807, 2.05) is 0 Å². The van der Waals surface area contributed by atoms with Gasteiger partial charge in [-0.25, -0.2) is 0 Å². The quantitative estimate of drug-likeness (QED) is 0.776. The van der Waals surface area contributed by atoms with Crippen LogP contribution >= 0.6 is 0 Å². The van der Waals surface area contributed by atoms with Crippen LogP contribution in [-0.4, -0.2) is 13.0 Å². The van der Waals surface area contributed by atoms with E-state index in [-0.39, 0.29) is 4.90 Å². The van der Waals surface area contributed by atoms with Crippen LogP contribution in [0.2, 0.25) is 0 Å². The molecule has 3 N–H and O–H groups in total. The molecule has 2 rings (SSSR count). The number of nitrogens with two attached hydrogens (primary N) is 1. The Kier molecular flexibility index (Phi) is 2.67. The van der Waals surface area contributed by atoms with Crippen molar-refractivity contribution < 1.29 is 13.0 Å². The summed E-state index contributed by atoms with van der Waals surface area (Å²) in [5.74, 6) is 0. The van der Waals surface area contributed by atoms with Gasteiger partial charge in [0.1, 0.15) is 4.90 Å². The third-order valence-corrected chi connectivity index (χ3v) is 3.38. The molecule has 84 valence electrons. The maximum absolute atomic E-state index is 11.2. The van der Waals surface area contributed by atoms with Gasteiger partial charge >= 0.3 is 0 Å². The van der Waals surface area contributed by atoms with Gasteiger partial charge in [-0.15, -0.1) is 0 Å². The number of hydrogen-bond donors (Lipinski definition) is 2. The Morgan fingerprint density at radius 3 is 2.25 bits per heavy atom. The minimum absolute atomic E-state index is 0.0831. The molecule has 2 aromatic rings. The van der Waals surface area contributed by atoms with Crippen LogP contribution in [0.5, 0.6) is 0 Å². The Morgan fingerprint density at radius 1 is 1.06 bits per heavy atom. The van der Waals surface area contributed by atoms with Crippen molar-refractivity contribution >= 4 is 20.9 Å². The number of hydrogen-bond acceptors (Lipinski definition) is 3. The second-order valence-electron chi connectivity index (χ2n) is 3.45. The molecule has 0 aromatic heterocycles. The second-order valence-corrected chi connectivity index (χ2v) is 4.84. The molecule has 5 heteroatoms. The zero-order chi connectivity index (χ0) is 11.8. The number of benzene rings is 2. The van der Waals surface area contributed by atoms with Crippen LogP contribution in [0, 0.1) is 0 Å². The molecule has 0 radical (unpaired) electrons. The van der Waals surface area contributed by atoms with E-state index in [4.69, 9.17) is 10.3 Å². The highest BCUT2D eigenvalue weighted by Crippen LogP contribution is 2.25. The molecule has 2 aromatic carbocycles. The average molecular weight is 237 g/mol. The van der Waals surface area contributed by atoms with Gasteiger partial charge in [0.25, 0.3) is 10.1 Å². The SMILES string of the molecule is NCc1ccc(S(=O)(=O)O)c2ccccc12. The van der Waals surface area contributed by atoms with Crippen LogP contribution in [-0.2, 0) is 16.7 Å². The highest BCUT2D eigenvalue weighted by Gasteiger charge is 2.14. The summed E-state index contributed by atoms with van der Waals surface area (Å²) in [4.78, 5) is -0.0831. The fraction of sp³-hybridized carbons (Fsp3) is 0.0909. The van der Waals surface area contributed by atoms with E-state index in [0.29, 0.717) is 11.9 Å². The molecule has 0 atom stereocenters. The summed E-state index contributed by atoms with van der Waals surface area (Å²) < 4.78 is 31.4. The normalized spacial score (nSPS) is 11.9. The third-order valence-electron chi connectivity index (χ3n) is 2.47. The van der Waals surface area contributed by atoms with E-state index < -0.39 is 10.1 Å². The Bertz CT molecular complexity index is 635. The van der Waals surface area contributed by atoms with Gasteiger partial charge in [-0.2, -0.15) is 8.42 Å². The highest BCUT2D eigenvalue weighted by molar-refractivity contribution is 7.86. The number of rotatable bonds is 2. The van der Waals surface area contributed by atoms with Crippen molar-refractivity contribution in [3.05, 3.63) is 42.0 Å². The second kappa shape index (κ2) is 3.86. The average Bonchev–Trinajstić information content (AvgIpc) is 2.26. The molecule has 0 aliphatic carbocycles. The highest BCUT2D eigenvalue weighted by atomic mass is 32.2. The summed E-state index contributed by atoms with van der Waals surface area (Å²) in [5.41, 5.74) is 6.41. The molecule has 0 spiro atoms. The lowest BCUT2D eigenvalue weighted by Crippen LogP contribution is -2.02. The predicted octanol–water partition coefficient (Wildman–Crippen LogP) is 1.55. The van der Waals surface area contributed by atoms with Gasteiger partial charge in [0.15, 0.2) is 0 Å². The molecule has 0 aliphatic heterocycles. The molecular weight excluding hydrogens is 226 g/mol. The van der Waals surface area contributed by atoms with Crippen LogP contribution in [0.4, 0.5) is 0 Å². The minimum Gasteiger partial charge on any atom is -0.326 e. The lowest BCUT2D eigenvalue weighted by atomic mass is 10.0. The minimum atomic E-state index is -4.20. The predicted molar refractivity (Wildman–Crippen MR) is 61.7 cm³/mol. The standard InChI is InChI=1S/C11H11NO3S/c12-7-8-5-6-11(16(13,14)15)10-4-2-1-3-9(8)10/h1-6H,7,12H2,(H,13,14,15). The molecule has 0 saturated carbocycles. The Morgan fingerprint density at radius 2 is 1.69 bits per heavy atom. The van der Waals surface area contributed by atoms with Gasteiger partial charge in [0, 0.05) is 11.9 Å². The first-order chi connectivity index (χ1) is 7.54. The van der Waals surface area contributed by atoms with E-state index >= 15 is 0 Å². The van der Waals surface area contributed by atoms with Crippen LogP contribution in [0.15, 0.2) is 41.3 Å². The molecule has 0 saturated heterocycles. The lowest BCUT2D eigenvalue weighted by molar-refractivity contribution is 0.484. The summed E-state index contributed by atoms with van der Waals surface area (Å²) in [5, 5.41) is 1.24. The van der Waals surface area contributed by atoms with E-state index in [1.54, 1.807) is 30.3 Å². The molecule has 0 unspecified atom stereocenters. The largest absolute Gasteiger partial charge is 0.326 e.